The van der Waals surface area contributed by atoms with Crippen LogP contribution in [0.4, 0.5) is 18.9 Å². The maximum absolute atomic E-state index is 13.2. The molecule has 0 fully saturated rings. The van der Waals surface area contributed by atoms with E-state index < -0.39 is 27.8 Å². The number of nitrogens with one attached hydrogen (secondary N) is 1. The van der Waals surface area contributed by atoms with E-state index in [0.717, 1.165) is 34.3 Å². The highest BCUT2D eigenvalue weighted by atomic mass is 32.2. The van der Waals surface area contributed by atoms with E-state index in [1.165, 1.54) is 11.0 Å². The Labute approximate surface area is 216 Å². The van der Waals surface area contributed by atoms with Gasteiger partial charge in [0.2, 0.25) is 21.8 Å². The molecule has 0 aliphatic carbocycles. The van der Waals surface area contributed by atoms with Gasteiger partial charge >= 0.3 is 6.18 Å². The van der Waals surface area contributed by atoms with Gasteiger partial charge in [-0.15, -0.1) is 0 Å². The fourth-order valence-corrected chi connectivity index (χ4v) is 4.77. The maximum atomic E-state index is 13.2. The van der Waals surface area contributed by atoms with Crippen LogP contribution in [-0.2, 0) is 32.2 Å². The second-order valence-electron chi connectivity index (χ2n) is 9.15. The number of rotatable bonds is 12. The summed E-state index contributed by atoms with van der Waals surface area (Å²) >= 11 is 0. The van der Waals surface area contributed by atoms with E-state index in [-0.39, 0.29) is 49.5 Å². The number of amides is 2. The summed E-state index contributed by atoms with van der Waals surface area (Å²) in [7, 11) is -3.91. The topological polar surface area (TPSA) is 86.8 Å². The Morgan fingerprint density at radius 1 is 0.973 bits per heavy atom. The molecule has 0 bridgehead atoms. The van der Waals surface area contributed by atoms with Gasteiger partial charge in [-0.2, -0.15) is 13.2 Å². The van der Waals surface area contributed by atoms with Gasteiger partial charge in [0.25, 0.3) is 0 Å². The first-order valence-corrected chi connectivity index (χ1v) is 13.8. The van der Waals surface area contributed by atoms with Crippen molar-refractivity contribution in [3.05, 3.63) is 65.7 Å². The first kappa shape index (κ1) is 30.1. The van der Waals surface area contributed by atoms with Gasteiger partial charge in [0, 0.05) is 25.6 Å². The molecular formula is C26H34F3N3O4S. The normalized spacial score (nSPS) is 12.8. The molecule has 204 valence electrons. The number of sulfonamides is 1. The van der Waals surface area contributed by atoms with Gasteiger partial charge in [-0.3, -0.25) is 13.9 Å². The van der Waals surface area contributed by atoms with Crippen LogP contribution in [0.2, 0.25) is 0 Å². The SMILES string of the molecule is CC(C)NC(=O)[C@H](C)N(CCc1ccccc1)C(=O)CCCN(c1cccc(C(F)(F)F)c1)S(C)(=O)=O. The third kappa shape index (κ3) is 9.38. The van der Waals surface area contributed by atoms with Crippen molar-refractivity contribution >= 4 is 27.5 Å². The van der Waals surface area contributed by atoms with Crippen molar-refractivity contribution in [1.29, 1.82) is 0 Å². The van der Waals surface area contributed by atoms with Crippen molar-refractivity contribution in [1.82, 2.24) is 10.2 Å². The van der Waals surface area contributed by atoms with E-state index in [1.54, 1.807) is 6.92 Å². The molecule has 0 heterocycles. The molecule has 0 spiro atoms. The summed E-state index contributed by atoms with van der Waals surface area (Å²) in [5, 5.41) is 2.80. The summed E-state index contributed by atoms with van der Waals surface area (Å²) in [5.74, 6) is -0.655. The average Bonchev–Trinajstić information content (AvgIpc) is 2.80. The molecule has 0 aromatic heterocycles. The third-order valence-corrected chi connectivity index (χ3v) is 6.89. The molecule has 0 saturated carbocycles. The Balaban J connectivity index is 2.16. The van der Waals surface area contributed by atoms with Crippen molar-refractivity contribution in [2.75, 3.05) is 23.7 Å². The van der Waals surface area contributed by atoms with Crippen molar-refractivity contribution in [3.63, 3.8) is 0 Å². The molecule has 2 amide bonds. The van der Waals surface area contributed by atoms with E-state index in [9.17, 15) is 31.2 Å². The van der Waals surface area contributed by atoms with Crippen LogP contribution in [0.25, 0.3) is 0 Å². The number of halogens is 3. The Hall–Kier alpha value is -3.08. The van der Waals surface area contributed by atoms with Crippen LogP contribution >= 0.6 is 0 Å². The number of hydrogen-bond acceptors (Lipinski definition) is 4. The van der Waals surface area contributed by atoms with Crippen LogP contribution in [0.3, 0.4) is 0 Å². The van der Waals surface area contributed by atoms with Crippen molar-refractivity contribution in [2.45, 2.75) is 58.3 Å². The Morgan fingerprint density at radius 3 is 2.19 bits per heavy atom. The lowest BCUT2D eigenvalue weighted by atomic mass is 10.1. The Kier molecular flexibility index (Phi) is 10.5. The quantitative estimate of drug-likeness (QED) is 0.436. The number of anilines is 1. The lowest BCUT2D eigenvalue weighted by Crippen LogP contribution is -2.50. The van der Waals surface area contributed by atoms with Crippen molar-refractivity contribution < 1.29 is 31.2 Å². The van der Waals surface area contributed by atoms with Crippen LogP contribution in [0, 0.1) is 0 Å². The number of benzene rings is 2. The van der Waals surface area contributed by atoms with Crippen LogP contribution in [0.1, 0.15) is 44.7 Å². The molecular weight excluding hydrogens is 507 g/mol. The standard InChI is InChI=1S/C26H34F3N3O4S/c1-19(2)30-25(34)20(3)31(17-15-21-10-6-5-7-11-21)24(33)14-9-16-32(37(4,35)36)23-13-8-12-22(18-23)26(27,28)29/h5-8,10-13,18-20H,9,14-17H2,1-4H3,(H,30,34)/t20-/m0/s1. The van der Waals surface area contributed by atoms with E-state index in [2.05, 4.69) is 5.32 Å². The lowest BCUT2D eigenvalue weighted by Gasteiger charge is -2.30. The van der Waals surface area contributed by atoms with Crippen LogP contribution in [0.15, 0.2) is 54.6 Å². The van der Waals surface area contributed by atoms with Gasteiger partial charge in [-0.05, 0) is 57.4 Å². The number of carbonyl (C=O) groups is 2. The highest BCUT2D eigenvalue weighted by Gasteiger charge is 2.32. The second kappa shape index (κ2) is 12.9. The van der Waals surface area contributed by atoms with Crippen LogP contribution in [0.5, 0.6) is 0 Å². The van der Waals surface area contributed by atoms with E-state index in [0.29, 0.717) is 6.42 Å². The van der Waals surface area contributed by atoms with Gasteiger partial charge in [0.15, 0.2) is 0 Å². The molecule has 1 N–H and O–H groups in total. The minimum atomic E-state index is -4.62. The van der Waals surface area contributed by atoms with Gasteiger partial charge < -0.3 is 10.2 Å². The lowest BCUT2D eigenvalue weighted by molar-refractivity contribution is -0.140. The number of hydrogen-bond donors (Lipinski definition) is 1. The van der Waals surface area contributed by atoms with Crippen LogP contribution < -0.4 is 9.62 Å². The van der Waals surface area contributed by atoms with E-state index in [1.807, 2.05) is 44.2 Å². The largest absolute Gasteiger partial charge is 0.416 e. The zero-order valence-electron chi connectivity index (χ0n) is 21.5. The number of carbonyl (C=O) groups excluding carboxylic acids is 2. The van der Waals surface area contributed by atoms with Crippen LogP contribution in [-0.4, -0.2) is 56.6 Å². The molecule has 37 heavy (non-hydrogen) atoms. The molecule has 1 atom stereocenters. The molecule has 7 nitrogen and oxygen atoms in total. The molecule has 0 aliphatic heterocycles. The average molecular weight is 542 g/mol. The fourth-order valence-electron chi connectivity index (χ4n) is 3.82. The zero-order chi connectivity index (χ0) is 27.8. The summed E-state index contributed by atoms with van der Waals surface area (Å²) in [4.78, 5) is 27.3. The Morgan fingerprint density at radius 2 is 1.62 bits per heavy atom. The molecule has 0 saturated heterocycles. The van der Waals surface area contributed by atoms with Gasteiger partial charge in [-0.25, -0.2) is 8.42 Å². The monoisotopic (exact) mass is 541 g/mol. The van der Waals surface area contributed by atoms with Gasteiger partial charge in [-0.1, -0.05) is 36.4 Å². The van der Waals surface area contributed by atoms with Gasteiger partial charge in [0.1, 0.15) is 6.04 Å². The predicted octanol–water partition coefficient (Wildman–Crippen LogP) is 4.24. The van der Waals surface area contributed by atoms with Crippen molar-refractivity contribution in [3.8, 4) is 0 Å². The number of alkyl halides is 3. The summed E-state index contributed by atoms with van der Waals surface area (Å²) in [5.41, 5.74) is -0.105. The molecule has 2 rings (SSSR count). The summed E-state index contributed by atoms with van der Waals surface area (Å²) in [6.45, 7) is 5.35. The minimum absolute atomic E-state index is 0.0580. The van der Waals surface area contributed by atoms with E-state index >= 15 is 0 Å². The molecule has 0 aliphatic rings. The fraction of sp³-hybridized carbons (Fsp3) is 0.462. The van der Waals surface area contributed by atoms with E-state index in [4.69, 9.17) is 0 Å². The summed E-state index contributed by atoms with van der Waals surface area (Å²) in [6.07, 6.45) is -3.23. The molecule has 11 heteroatoms. The smallest absolute Gasteiger partial charge is 0.352 e. The zero-order valence-corrected chi connectivity index (χ0v) is 22.3. The summed E-state index contributed by atoms with van der Waals surface area (Å²) < 4.78 is 65.0. The molecule has 0 radical (unpaired) electrons. The number of nitrogens with zero attached hydrogens (tertiary/aromatic N) is 2. The first-order chi connectivity index (χ1) is 17.2. The summed E-state index contributed by atoms with van der Waals surface area (Å²) in [6, 6.07) is 12.7. The van der Waals surface area contributed by atoms with Crippen molar-refractivity contribution in [2.24, 2.45) is 0 Å². The molecule has 2 aromatic carbocycles. The molecule has 0 unspecified atom stereocenters. The highest BCUT2D eigenvalue weighted by molar-refractivity contribution is 7.92. The Bertz CT molecular complexity index is 1160. The predicted molar refractivity (Wildman–Crippen MR) is 137 cm³/mol. The maximum Gasteiger partial charge on any atom is 0.416 e. The molecule has 2 aromatic rings. The third-order valence-electron chi connectivity index (χ3n) is 5.70. The minimum Gasteiger partial charge on any atom is -0.352 e. The highest BCUT2D eigenvalue weighted by Crippen LogP contribution is 2.32. The second-order valence-corrected chi connectivity index (χ2v) is 11.1. The van der Waals surface area contributed by atoms with Gasteiger partial charge in [0.05, 0.1) is 17.5 Å². The first-order valence-electron chi connectivity index (χ1n) is 12.0.